The van der Waals surface area contributed by atoms with Crippen molar-refractivity contribution >= 4 is 17.3 Å². The van der Waals surface area contributed by atoms with Gasteiger partial charge in [0.25, 0.3) is 0 Å². The lowest BCUT2D eigenvalue weighted by molar-refractivity contribution is 0.0698. The van der Waals surface area contributed by atoms with Crippen molar-refractivity contribution in [3.63, 3.8) is 0 Å². The second kappa shape index (κ2) is 5.08. The second-order valence-electron chi connectivity index (χ2n) is 4.50. The van der Waals surface area contributed by atoms with E-state index in [1.54, 1.807) is 12.1 Å². The van der Waals surface area contributed by atoms with E-state index in [0.717, 1.165) is 12.8 Å². The molecule has 4 nitrogen and oxygen atoms in total. The summed E-state index contributed by atoms with van der Waals surface area (Å²) in [5.41, 5.74) is 6.99. The average molecular weight is 236 g/mol. The first-order valence-corrected chi connectivity index (χ1v) is 5.83. The predicted octanol–water partition coefficient (Wildman–Crippen LogP) is 2.96. The summed E-state index contributed by atoms with van der Waals surface area (Å²) in [7, 11) is 0. The van der Waals surface area contributed by atoms with Gasteiger partial charge < -0.3 is 16.2 Å². The third-order valence-corrected chi connectivity index (χ3v) is 3.27. The Morgan fingerprint density at radius 3 is 2.47 bits per heavy atom. The van der Waals surface area contributed by atoms with Crippen LogP contribution < -0.4 is 11.1 Å². The summed E-state index contributed by atoms with van der Waals surface area (Å²) in [4.78, 5) is 11.1. The fraction of sp³-hybridized carbons (Fsp3) is 0.462. The van der Waals surface area contributed by atoms with Gasteiger partial charge in [-0.2, -0.15) is 0 Å². The fourth-order valence-corrected chi connectivity index (χ4v) is 1.60. The van der Waals surface area contributed by atoms with E-state index in [1.807, 2.05) is 0 Å². The van der Waals surface area contributed by atoms with Crippen LogP contribution in [-0.2, 0) is 0 Å². The smallest absolute Gasteiger partial charge is 0.337 e. The minimum atomic E-state index is -0.943. The van der Waals surface area contributed by atoms with Crippen molar-refractivity contribution < 1.29 is 9.90 Å². The van der Waals surface area contributed by atoms with Crippen LogP contribution in [0.3, 0.4) is 0 Å². The van der Waals surface area contributed by atoms with Gasteiger partial charge in [0, 0.05) is 11.2 Å². The minimum Gasteiger partial charge on any atom is -0.478 e. The molecule has 0 atom stereocenters. The normalized spacial score (nSPS) is 11.2. The van der Waals surface area contributed by atoms with Gasteiger partial charge in [-0.3, -0.25) is 0 Å². The summed E-state index contributed by atoms with van der Waals surface area (Å²) >= 11 is 0. The quantitative estimate of drug-likeness (QED) is 0.687. The molecule has 0 radical (unpaired) electrons. The van der Waals surface area contributed by atoms with Gasteiger partial charge in [-0.05, 0) is 38.0 Å². The van der Waals surface area contributed by atoms with Crippen molar-refractivity contribution in [1.82, 2.24) is 0 Å². The molecule has 0 aromatic heterocycles. The molecule has 0 fully saturated rings. The van der Waals surface area contributed by atoms with Crippen molar-refractivity contribution in [2.45, 2.75) is 39.2 Å². The Morgan fingerprint density at radius 2 is 2.00 bits per heavy atom. The number of benzene rings is 1. The van der Waals surface area contributed by atoms with Crippen LogP contribution in [-0.4, -0.2) is 16.6 Å². The summed E-state index contributed by atoms with van der Waals surface area (Å²) in [6.45, 7) is 6.22. The van der Waals surface area contributed by atoms with Crippen LogP contribution in [0.15, 0.2) is 18.2 Å². The van der Waals surface area contributed by atoms with E-state index in [2.05, 4.69) is 26.1 Å². The molecule has 0 aliphatic rings. The summed E-state index contributed by atoms with van der Waals surface area (Å²) in [5, 5.41) is 12.4. The van der Waals surface area contributed by atoms with Crippen molar-refractivity contribution in [2.24, 2.45) is 0 Å². The van der Waals surface area contributed by atoms with E-state index >= 15 is 0 Å². The van der Waals surface area contributed by atoms with Crippen LogP contribution in [0.25, 0.3) is 0 Å². The molecule has 0 amide bonds. The topological polar surface area (TPSA) is 75.3 Å². The van der Waals surface area contributed by atoms with Crippen LogP contribution in [0.5, 0.6) is 0 Å². The molecule has 94 valence electrons. The number of carbonyl (C=O) groups is 1. The lowest BCUT2D eigenvalue weighted by atomic mass is 9.94. The predicted molar refractivity (Wildman–Crippen MR) is 70.4 cm³/mol. The maximum absolute atomic E-state index is 11.1. The summed E-state index contributed by atoms with van der Waals surface area (Å²) in [6.07, 6.45) is 1.83. The third kappa shape index (κ3) is 3.12. The van der Waals surface area contributed by atoms with Crippen LogP contribution in [0.1, 0.15) is 44.0 Å². The van der Waals surface area contributed by atoms with Crippen molar-refractivity contribution in [3.8, 4) is 0 Å². The summed E-state index contributed by atoms with van der Waals surface area (Å²) in [6, 6.07) is 4.81. The number of hydrogen-bond donors (Lipinski definition) is 3. The Kier molecular flexibility index (Phi) is 3.99. The van der Waals surface area contributed by atoms with E-state index in [0.29, 0.717) is 11.4 Å². The number of nitrogens with one attached hydrogen (secondary N) is 1. The molecule has 4 heteroatoms. The standard InChI is InChI=1S/C13H20N2O2/c1-4-13(3,5-2)15-11-8-9(14)6-7-10(11)12(16)17/h6-8,15H,4-5,14H2,1-3H3,(H,16,17). The average Bonchev–Trinajstić information content (AvgIpc) is 2.28. The highest BCUT2D eigenvalue weighted by Gasteiger charge is 2.21. The number of anilines is 2. The SMILES string of the molecule is CCC(C)(CC)Nc1cc(N)ccc1C(=O)O. The highest BCUT2D eigenvalue weighted by atomic mass is 16.4. The van der Waals surface area contributed by atoms with E-state index in [1.165, 1.54) is 6.07 Å². The summed E-state index contributed by atoms with van der Waals surface area (Å²) in [5.74, 6) is -0.943. The molecule has 0 aliphatic heterocycles. The van der Waals surface area contributed by atoms with Crippen LogP contribution >= 0.6 is 0 Å². The molecule has 1 aromatic carbocycles. The largest absolute Gasteiger partial charge is 0.478 e. The second-order valence-corrected chi connectivity index (χ2v) is 4.50. The summed E-state index contributed by atoms with van der Waals surface area (Å²) < 4.78 is 0. The lowest BCUT2D eigenvalue weighted by Crippen LogP contribution is -2.33. The first-order valence-electron chi connectivity index (χ1n) is 5.83. The molecule has 0 unspecified atom stereocenters. The first kappa shape index (κ1) is 13.4. The molecule has 0 saturated carbocycles. The van der Waals surface area contributed by atoms with Gasteiger partial charge in [0.15, 0.2) is 0 Å². The van der Waals surface area contributed by atoms with Crippen LogP contribution in [0, 0.1) is 0 Å². The van der Waals surface area contributed by atoms with E-state index in [9.17, 15) is 4.79 Å². The zero-order valence-electron chi connectivity index (χ0n) is 10.6. The Bertz CT molecular complexity index is 412. The van der Waals surface area contributed by atoms with Gasteiger partial charge in [0.2, 0.25) is 0 Å². The lowest BCUT2D eigenvalue weighted by Gasteiger charge is -2.30. The molecule has 0 bridgehead atoms. The highest BCUT2D eigenvalue weighted by molar-refractivity contribution is 5.95. The van der Waals surface area contributed by atoms with Crippen molar-refractivity contribution in [1.29, 1.82) is 0 Å². The number of nitrogens with two attached hydrogens (primary N) is 1. The molecule has 1 aromatic rings. The first-order chi connectivity index (χ1) is 7.91. The van der Waals surface area contributed by atoms with Crippen molar-refractivity contribution in [3.05, 3.63) is 23.8 Å². The van der Waals surface area contributed by atoms with Gasteiger partial charge in [-0.1, -0.05) is 13.8 Å². The zero-order chi connectivity index (χ0) is 13.1. The zero-order valence-corrected chi connectivity index (χ0v) is 10.6. The maximum atomic E-state index is 11.1. The number of rotatable bonds is 5. The van der Waals surface area contributed by atoms with Crippen LogP contribution in [0.2, 0.25) is 0 Å². The maximum Gasteiger partial charge on any atom is 0.337 e. The number of aromatic carboxylic acids is 1. The van der Waals surface area contributed by atoms with Gasteiger partial charge >= 0.3 is 5.97 Å². The molecular formula is C13H20N2O2. The Labute approximate surface area is 102 Å². The Morgan fingerprint density at radius 1 is 1.41 bits per heavy atom. The molecule has 0 spiro atoms. The molecule has 0 heterocycles. The Balaban J connectivity index is 3.12. The molecular weight excluding hydrogens is 216 g/mol. The molecule has 0 aliphatic carbocycles. The minimum absolute atomic E-state index is 0.113. The fourth-order valence-electron chi connectivity index (χ4n) is 1.60. The van der Waals surface area contributed by atoms with Gasteiger partial charge in [0.05, 0.1) is 11.3 Å². The molecule has 17 heavy (non-hydrogen) atoms. The van der Waals surface area contributed by atoms with Gasteiger partial charge in [0.1, 0.15) is 0 Å². The molecule has 4 N–H and O–H groups in total. The highest BCUT2D eigenvalue weighted by Crippen LogP contribution is 2.26. The molecule has 0 saturated heterocycles. The number of nitrogen functional groups attached to an aromatic ring is 1. The Hall–Kier alpha value is -1.71. The number of hydrogen-bond acceptors (Lipinski definition) is 3. The molecule has 1 rings (SSSR count). The van der Waals surface area contributed by atoms with E-state index in [4.69, 9.17) is 10.8 Å². The third-order valence-electron chi connectivity index (χ3n) is 3.27. The monoisotopic (exact) mass is 236 g/mol. The van der Waals surface area contributed by atoms with E-state index < -0.39 is 5.97 Å². The number of carboxylic acid groups (broad SMARTS) is 1. The number of carboxylic acids is 1. The van der Waals surface area contributed by atoms with E-state index in [-0.39, 0.29) is 11.1 Å². The van der Waals surface area contributed by atoms with Crippen LogP contribution in [0.4, 0.5) is 11.4 Å². The van der Waals surface area contributed by atoms with Crippen molar-refractivity contribution in [2.75, 3.05) is 11.1 Å². The van der Waals surface area contributed by atoms with Gasteiger partial charge in [-0.15, -0.1) is 0 Å². The van der Waals surface area contributed by atoms with Gasteiger partial charge in [-0.25, -0.2) is 4.79 Å².